The maximum atomic E-state index is 12.1. The molecule has 0 radical (unpaired) electrons. The SMILES string of the molecule is Cc1c(C(=O)NC2CCOCC2)csc1S(N)(=O)=O. The topological polar surface area (TPSA) is 98.5 Å². The van der Waals surface area contributed by atoms with Crippen molar-refractivity contribution in [3.63, 3.8) is 0 Å². The van der Waals surface area contributed by atoms with Gasteiger partial charge in [-0.3, -0.25) is 4.79 Å². The molecule has 0 saturated carbocycles. The van der Waals surface area contributed by atoms with Crippen LogP contribution in [-0.4, -0.2) is 33.6 Å². The molecule has 1 saturated heterocycles. The van der Waals surface area contributed by atoms with Crippen molar-refractivity contribution in [2.24, 2.45) is 5.14 Å². The van der Waals surface area contributed by atoms with Crippen molar-refractivity contribution in [1.82, 2.24) is 5.32 Å². The van der Waals surface area contributed by atoms with E-state index in [2.05, 4.69) is 5.32 Å². The quantitative estimate of drug-likeness (QED) is 0.855. The van der Waals surface area contributed by atoms with Crippen molar-refractivity contribution >= 4 is 27.3 Å². The Bertz CT molecular complexity index is 574. The molecular weight excluding hydrogens is 288 g/mol. The first-order valence-electron chi connectivity index (χ1n) is 5.89. The number of amides is 1. The lowest BCUT2D eigenvalue weighted by Crippen LogP contribution is -2.39. The summed E-state index contributed by atoms with van der Waals surface area (Å²) in [7, 11) is -3.76. The molecule has 1 aliphatic rings. The van der Waals surface area contributed by atoms with Crippen LogP contribution in [0.4, 0.5) is 0 Å². The summed E-state index contributed by atoms with van der Waals surface area (Å²) in [5.41, 5.74) is 0.789. The highest BCUT2D eigenvalue weighted by Gasteiger charge is 2.23. The van der Waals surface area contributed by atoms with Crippen LogP contribution in [0.25, 0.3) is 0 Å². The Kier molecular flexibility index (Phi) is 4.24. The summed E-state index contributed by atoms with van der Waals surface area (Å²) in [4.78, 5) is 12.1. The number of ether oxygens (including phenoxy) is 1. The van der Waals surface area contributed by atoms with Gasteiger partial charge in [0.25, 0.3) is 5.91 Å². The molecule has 1 aromatic rings. The molecule has 0 spiro atoms. The number of primary sulfonamides is 1. The molecule has 6 nitrogen and oxygen atoms in total. The number of carbonyl (C=O) groups excluding carboxylic acids is 1. The van der Waals surface area contributed by atoms with Crippen LogP contribution in [0, 0.1) is 6.92 Å². The van der Waals surface area contributed by atoms with Crippen LogP contribution < -0.4 is 10.5 Å². The first-order chi connectivity index (χ1) is 8.89. The summed E-state index contributed by atoms with van der Waals surface area (Å²) < 4.78 is 27.9. The normalized spacial score (nSPS) is 17.4. The molecule has 2 rings (SSSR count). The van der Waals surface area contributed by atoms with E-state index in [4.69, 9.17) is 9.88 Å². The van der Waals surface area contributed by atoms with Gasteiger partial charge in [0.1, 0.15) is 4.21 Å². The third-order valence-electron chi connectivity index (χ3n) is 3.05. The van der Waals surface area contributed by atoms with Crippen LogP contribution in [0.5, 0.6) is 0 Å². The molecule has 1 amide bonds. The van der Waals surface area contributed by atoms with Crippen molar-refractivity contribution in [2.45, 2.75) is 30.0 Å². The van der Waals surface area contributed by atoms with Crippen molar-refractivity contribution in [2.75, 3.05) is 13.2 Å². The van der Waals surface area contributed by atoms with E-state index in [0.29, 0.717) is 24.3 Å². The number of hydrogen-bond donors (Lipinski definition) is 2. The maximum Gasteiger partial charge on any atom is 0.252 e. The summed E-state index contributed by atoms with van der Waals surface area (Å²) in [6.45, 7) is 2.86. The van der Waals surface area contributed by atoms with E-state index < -0.39 is 10.0 Å². The van der Waals surface area contributed by atoms with E-state index in [1.54, 1.807) is 6.92 Å². The van der Waals surface area contributed by atoms with Crippen LogP contribution in [0.15, 0.2) is 9.59 Å². The van der Waals surface area contributed by atoms with Crippen LogP contribution in [0.3, 0.4) is 0 Å². The molecule has 0 aromatic carbocycles. The molecule has 106 valence electrons. The van der Waals surface area contributed by atoms with E-state index >= 15 is 0 Å². The molecule has 0 bridgehead atoms. The molecule has 1 aliphatic heterocycles. The first kappa shape index (κ1) is 14.4. The van der Waals surface area contributed by atoms with Gasteiger partial charge < -0.3 is 10.1 Å². The molecule has 1 aromatic heterocycles. The average molecular weight is 304 g/mol. The van der Waals surface area contributed by atoms with Crippen LogP contribution in [0.1, 0.15) is 28.8 Å². The fourth-order valence-electron chi connectivity index (χ4n) is 2.01. The van der Waals surface area contributed by atoms with E-state index in [1.807, 2.05) is 0 Å². The van der Waals surface area contributed by atoms with Gasteiger partial charge in [-0.25, -0.2) is 13.6 Å². The molecular formula is C11H16N2O4S2. The Hall–Kier alpha value is -0.960. The van der Waals surface area contributed by atoms with Crippen molar-refractivity contribution in [3.8, 4) is 0 Å². The standard InChI is InChI=1S/C11H16N2O4S2/c1-7-9(6-18-11(7)19(12,15)16)10(14)13-8-2-4-17-5-3-8/h6,8H,2-5H2,1H3,(H,13,14)(H2,12,15,16). The van der Waals surface area contributed by atoms with E-state index in [1.165, 1.54) is 5.38 Å². The van der Waals surface area contributed by atoms with Gasteiger partial charge in [-0.1, -0.05) is 0 Å². The lowest BCUT2D eigenvalue weighted by Gasteiger charge is -2.23. The minimum absolute atomic E-state index is 0.0460. The third kappa shape index (κ3) is 3.33. The fraction of sp³-hybridized carbons (Fsp3) is 0.545. The number of thiophene rings is 1. The molecule has 2 heterocycles. The van der Waals surface area contributed by atoms with Crippen molar-refractivity contribution in [3.05, 3.63) is 16.5 Å². The van der Waals surface area contributed by atoms with E-state index in [0.717, 1.165) is 24.2 Å². The zero-order valence-electron chi connectivity index (χ0n) is 10.5. The second-order valence-corrected chi connectivity index (χ2v) is 7.10. The molecule has 1 fully saturated rings. The highest BCUT2D eigenvalue weighted by atomic mass is 32.2. The largest absolute Gasteiger partial charge is 0.381 e. The van der Waals surface area contributed by atoms with Gasteiger partial charge in [-0.05, 0) is 25.3 Å². The van der Waals surface area contributed by atoms with Gasteiger partial charge in [0.15, 0.2) is 0 Å². The molecule has 19 heavy (non-hydrogen) atoms. The fourth-order valence-corrected chi connectivity index (χ4v) is 4.02. The lowest BCUT2D eigenvalue weighted by atomic mass is 10.1. The number of carbonyl (C=O) groups is 1. The van der Waals surface area contributed by atoms with E-state index in [-0.39, 0.29) is 16.2 Å². The third-order valence-corrected chi connectivity index (χ3v) is 5.74. The second-order valence-electron chi connectivity index (χ2n) is 4.47. The smallest absolute Gasteiger partial charge is 0.252 e. The zero-order chi connectivity index (χ0) is 14.0. The predicted octanol–water partition coefficient (Wildman–Crippen LogP) is 0.613. The van der Waals surface area contributed by atoms with Gasteiger partial charge in [0, 0.05) is 24.6 Å². The number of nitrogens with two attached hydrogens (primary N) is 1. The number of sulfonamides is 1. The van der Waals surface area contributed by atoms with Gasteiger partial charge in [0.2, 0.25) is 10.0 Å². The zero-order valence-corrected chi connectivity index (χ0v) is 12.1. The molecule has 0 unspecified atom stereocenters. The number of hydrogen-bond acceptors (Lipinski definition) is 5. The Morgan fingerprint density at radius 3 is 2.63 bits per heavy atom. The van der Waals surface area contributed by atoms with Gasteiger partial charge in [-0.15, -0.1) is 11.3 Å². The van der Waals surface area contributed by atoms with Gasteiger partial charge >= 0.3 is 0 Å². The Labute approximate surface area is 116 Å². The van der Waals surface area contributed by atoms with Gasteiger partial charge in [0.05, 0.1) is 5.56 Å². The molecule has 0 aliphatic carbocycles. The first-order valence-corrected chi connectivity index (χ1v) is 8.31. The van der Waals surface area contributed by atoms with Crippen molar-refractivity contribution < 1.29 is 17.9 Å². The Morgan fingerprint density at radius 2 is 2.11 bits per heavy atom. The minimum Gasteiger partial charge on any atom is -0.381 e. The second kappa shape index (κ2) is 5.58. The summed E-state index contributed by atoms with van der Waals surface area (Å²) in [6.07, 6.45) is 1.55. The van der Waals surface area contributed by atoms with Gasteiger partial charge in [-0.2, -0.15) is 0 Å². The van der Waals surface area contributed by atoms with E-state index in [9.17, 15) is 13.2 Å². The predicted molar refractivity (Wildman–Crippen MR) is 71.7 cm³/mol. The average Bonchev–Trinajstić information content (AvgIpc) is 2.72. The summed E-state index contributed by atoms with van der Waals surface area (Å²) >= 11 is 0.975. The highest BCUT2D eigenvalue weighted by Crippen LogP contribution is 2.25. The highest BCUT2D eigenvalue weighted by molar-refractivity contribution is 7.91. The number of nitrogens with one attached hydrogen (secondary N) is 1. The lowest BCUT2D eigenvalue weighted by molar-refractivity contribution is 0.0696. The van der Waals surface area contributed by atoms with Crippen LogP contribution >= 0.6 is 11.3 Å². The molecule has 8 heteroatoms. The summed E-state index contributed by atoms with van der Waals surface area (Å²) in [5.74, 6) is -0.254. The Balaban J connectivity index is 2.13. The summed E-state index contributed by atoms with van der Waals surface area (Å²) in [6, 6.07) is 0.0819. The molecule has 0 atom stereocenters. The number of rotatable bonds is 3. The summed E-state index contributed by atoms with van der Waals surface area (Å²) in [5, 5.41) is 9.51. The minimum atomic E-state index is -3.76. The molecule has 3 N–H and O–H groups in total. The monoisotopic (exact) mass is 304 g/mol. The maximum absolute atomic E-state index is 12.1. The van der Waals surface area contributed by atoms with Crippen LogP contribution in [0.2, 0.25) is 0 Å². The van der Waals surface area contributed by atoms with Crippen molar-refractivity contribution in [1.29, 1.82) is 0 Å². The van der Waals surface area contributed by atoms with Crippen LogP contribution in [-0.2, 0) is 14.8 Å². The Morgan fingerprint density at radius 1 is 1.47 bits per heavy atom.